The lowest BCUT2D eigenvalue weighted by Gasteiger charge is -2.06. The molecule has 1 N–H and O–H groups in total. The van der Waals surface area contributed by atoms with E-state index < -0.39 is 0 Å². The van der Waals surface area contributed by atoms with Gasteiger partial charge in [-0.25, -0.2) is 0 Å². The number of aromatic amines is 1. The zero-order valence-corrected chi connectivity index (χ0v) is 14.5. The van der Waals surface area contributed by atoms with Crippen LogP contribution in [0.2, 0.25) is 5.02 Å². The van der Waals surface area contributed by atoms with Gasteiger partial charge >= 0.3 is 0 Å². The van der Waals surface area contributed by atoms with Crippen molar-refractivity contribution in [3.63, 3.8) is 0 Å². The van der Waals surface area contributed by atoms with Crippen molar-refractivity contribution in [2.45, 2.75) is 11.8 Å². The highest BCUT2D eigenvalue weighted by Crippen LogP contribution is 2.19. The van der Waals surface area contributed by atoms with Crippen LogP contribution in [0.1, 0.15) is 16.3 Å². The Kier molecular flexibility index (Phi) is 5.22. The standard InChI is InChI=1S/C16H15ClN4O2S/c1-21-15(9-23-12-6-4-11(17)5-7-12)19-20-16(21)24-10-14(22)13-3-2-8-18-13/h2-8,18H,9-10H2,1H3. The van der Waals surface area contributed by atoms with Gasteiger partial charge in [-0.15, -0.1) is 10.2 Å². The fourth-order valence-electron chi connectivity index (χ4n) is 1.99. The summed E-state index contributed by atoms with van der Waals surface area (Å²) in [6, 6.07) is 10.7. The molecule has 24 heavy (non-hydrogen) atoms. The Morgan fingerprint density at radius 1 is 1.29 bits per heavy atom. The van der Waals surface area contributed by atoms with Crippen LogP contribution in [0, 0.1) is 0 Å². The van der Waals surface area contributed by atoms with Crippen molar-refractivity contribution >= 4 is 29.1 Å². The first-order chi connectivity index (χ1) is 11.6. The van der Waals surface area contributed by atoms with E-state index in [0.29, 0.717) is 33.2 Å². The first-order valence-corrected chi connectivity index (χ1v) is 8.56. The second-order valence-corrected chi connectivity index (χ2v) is 6.37. The largest absolute Gasteiger partial charge is 0.486 e. The number of aromatic nitrogens is 4. The molecule has 0 amide bonds. The van der Waals surface area contributed by atoms with Gasteiger partial charge in [-0.3, -0.25) is 4.79 Å². The number of benzene rings is 1. The third kappa shape index (κ3) is 3.98. The van der Waals surface area contributed by atoms with Crippen molar-refractivity contribution in [1.82, 2.24) is 19.7 Å². The number of nitrogens with one attached hydrogen (secondary N) is 1. The molecule has 8 heteroatoms. The number of hydrogen-bond donors (Lipinski definition) is 1. The van der Waals surface area contributed by atoms with Crippen molar-refractivity contribution < 1.29 is 9.53 Å². The highest BCUT2D eigenvalue weighted by atomic mass is 35.5. The Labute approximate surface area is 148 Å². The molecule has 0 atom stereocenters. The molecule has 124 valence electrons. The van der Waals surface area contributed by atoms with E-state index in [1.54, 1.807) is 42.6 Å². The van der Waals surface area contributed by atoms with Crippen LogP contribution < -0.4 is 4.74 Å². The number of hydrogen-bond acceptors (Lipinski definition) is 5. The molecular weight excluding hydrogens is 348 g/mol. The molecule has 0 spiro atoms. The average molecular weight is 363 g/mol. The Balaban J connectivity index is 1.57. The summed E-state index contributed by atoms with van der Waals surface area (Å²) in [7, 11) is 1.85. The van der Waals surface area contributed by atoms with E-state index >= 15 is 0 Å². The molecule has 2 aromatic heterocycles. The van der Waals surface area contributed by atoms with Crippen LogP contribution in [0.25, 0.3) is 0 Å². The van der Waals surface area contributed by atoms with Crippen LogP contribution in [0.5, 0.6) is 5.75 Å². The van der Waals surface area contributed by atoms with Gasteiger partial charge in [0.15, 0.2) is 16.8 Å². The van der Waals surface area contributed by atoms with Gasteiger partial charge in [0.1, 0.15) is 12.4 Å². The summed E-state index contributed by atoms with van der Waals surface area (Å²) in [6.07, 6.45) is 1.73. The van der Waals surface area contributed by atoms with E-state index in [1.165, 1.54) is 11.8 Å². The number of thioether (sulfide) groups is 1. The highest BCUT2D eigenvalue weighted by Gasteiger charge is 2.13. The highest BCUT2D eigenvalue weighted by molar-refractivity contribution is 7.99. The lowest BCUT2D eigenvalue weighted by molar-refractivity contribution is 0.101. The van der Waals surface area contributed by atoms with Crippen LogP contribution >= 0.6 is 23.4 Å². The Bertz CT molecular complexity index is 815. The molecule has 0 saturated carbocycles. The molecule has 0 unspecified atom stereocenters. The first kappa shape index (κ1) is 16.6. The number of halogens is 1. The van der Waals surface area contributed by atoms with Gasteiger partial charge in [0.2, 0.25) is 0 Å². The van der Waals surface area contributed by atoms with Crippen LogP contribution in [-0.2, 0) is 13.7 Å². The van der Waals surface area contributed by atoms with Crippen molar-refractivity contribution in [3.8, 4) is 5.75 Å². The molecule has 0 bridgehead atoms. The minimum absolute atomic E-state index is 0.0203. The van der Waals surface area contributed by atoms with Gasteiger partial charge in [0.25, 0.3) is 0 Å². The maximum absolute atomic E-state index is 12.0. The van der Waals surface area contributed by atoms with Crippen LogP contribution in [0.3, 0.4) is 0 Å². The SMILES string of the molecule is Cn1c(COc2ccc(Cl)cc2)nnc1SCC(=O)c1ccc[nH]1. The predicted molar refractivity (Wildman–Crippen MR) is 92.6 cm³/mol. The number of Topliss-reactive ketones (excluding diaryl/α,β-unsaturated/α-hetero) is 1. The molecular formula is C16H15ClN4O2S. The monoisotopic (exact) mass is 362 g/mol. The van der Waals surface area contributed by atoms with Crippen LogP contribution in [-0.4, -0.2) is 31.3 Å². The van der Waals surface area contributed by atoms with E-state index in [1.807, 2.05) is 11.6 Å². The van der Waals surface area contributed by atoms with E-state index in [9.17, 15) is 4.79 Å². The van der Waals surface area contributed by atoms with Gasteiger partial charge in [-0.2, -0.15) is 0 Å². The molecule has 0 aliphatic heterocycles. The van der Waals surface area contributed by atoms with E-state index in [-0.39, 0.29) is 12.4 Å². The fraction of sp³-hybridized carbons (Fsp3) is 0.188. The predicted octanol–water partition coefficient (Wildman–Crippen LogP) is 3.35. The lowest BCUT2D eigenvalue weighted by Crippen LogP contribution is -2.06. The molecule has 3 aromatic rings. The van der Waals surface area contributed by atoms with Crippen molar-refractivity contribution in [3.05, 3.63) is 59.1 Å². The first-order valence-electron chi connectivity index (χ1n) is 7.19. The number of carbonyl (C=O) groups is 1. The lowest BCUT2D eigenvalue weighted by atomic mass is 10.3. The molecule has 2 heterocycles. The summed E-state index contributed by atoms with van der Waals surface area (Å²) < 4.78 is 7.48. The summed E-state index contributed by atoms with van der Waals surface area (Å²) >= 11 is 7.18. The van der Waals surface area contributed by atoms with E-state index in [0.717, 1.165) is 0 Å². The fourth-order valence-corrected chi connectivity index (χ4v) is 2.93. The third-order valence-corrected chi connectivity index (χ3v) is 4.61. The zero-order chi connectivity index (χ0) is 16.9. The molecule has 0 saturated heterocycles. The van der Waals surface area contributed by atoms with Crippen molar-refractivity contribution in [2.75, 3.05) is 5.75 Å². The Morgan fingerprint density at radius 2 is 2.08 bits per heavy atom. The molecule has 0 fully saturated rings. The summed E-state index contributed by atoms with van der Waals surface area (Å²) in [4.78, 5) is 14.9. The van der Waals surface area contributed by atoms with Gasteiger partial charge in [0.05, 0.1) is 11.4 Å². The Hall–Kier alpha value is -2.25. The maximum atomic E-state index is 12.0. The third-order valence-electron chi connectivity index (χ3n) is 3.34. The number of rotatable bonds is 7. The molecule has 6 nitrogen and oxygen atoms in total. The van der Waals surface area contributed by atoms with Gasteiger partial charge in [0, 0.05) is 18.3 Å². The number of H-pyrrole nitrogens is 1. The molecule has 0 aliphatic carbocycles. The molecule has 3 rings (SSSR count). The minimum Gasteiger partial charge on any atom is -0.486 e. The molecule has 0 aliphatic rings. The number of nitrogens with zero attached hydrogens (tertiary/aromatic N) is 3. The normalized spacial score (nSPS) is 10.8. The van der Waals surface area contributed by atoms with Gasteiger partial charge in [-0.05, 0) is 36.4 Å². The minimum atomic E-state index is 0.0203. The van der Waals surface area contributed by atoms with Gasteiger partial charge < -0.3 is 14.3 Å². The second-order valence-electron chi connectivity index (χ2n) is 5.00. The summed E-state index contributed by atoms with van der Waals surface area (Å²) in [6.45, 7) is 0.288. The number of carbonyl (C=O) groups excluding carboxylic acids is 1. The number of ether oxygens (including phenoxy) is 1. The van der Waals surface area contributed by atoms with Crippen LogP contribution in [0.4, 0.5) is 0 Å². The summed E-state index contributed by atoms with van der Waals surface area (Å²) in [5.74, 6) is 1.70. The smallest absolute Gasteiger partial charge is 0.191 e. The molecule has 0 radical (unpaired) electrons. The second kappa shape index (κ2) is 7.55. The summed E-state index contributed by atoms with van der Waals surface area (Å²) in [5.41, 5.74) is 0.593. The topological polar surface area (TPSA) is 72.8 Å². The van der Waals surface area contributed by atoms with Gasteiger partial charge in [-0.1, -0.05) is 23.4 Å². The maximum Gasteiger partial charge on any atom is 0.191 e. The zero-order valence-electron chi connectivity index (χ0n) is 12.9. The van der Waals surface area contributed by atoms with Crippen molar-refractivity contribution in [1.29, 1.82) is 0 Å². The summed E-state index contributed by atoms with van der Waals surface area (Å²) in [5, 5.41) is 9.55. The van der Waals surface area contributed by atoms with E-state index in [4.69, 9.17) is 16.3 Å². The van der Waals surface area contributed by atoms with Crippen LogP contribution in [0.15, 0.2) is 47.8 Å². The Morgan fingerprint density at radius 3 is 2.79 bits per heavy atom. The van der Waals surface area contributed by atoms with Crippen molar-refractivity contribution in [2.24, 2.45) is 7.05 Å². The quantitative estimate of drug-likeness (QED) is 0.515. The molecule has 1 aromatic carbocycles. The number of ketones is 1. The van der Waals surface area contributed by atoms with E-state index in [2.05, 4.69) is 15.2 Å². The average Bonchev–Trinajstić information content (AvgIpc) is 3.23.